The normalized spacial score (nSPS) is 10.7. The molecule has 2 aromatic rings. The van der Waals surface area contributed by atoms with E-state index in [4.69, 9.17) is 16.7 Å². The predicted octanol–water partition coefficient (Wildman–Crippen LogP) is 1.99. The van der Waals surface area contributed by atoms with Crippen molar-refractivity contribution in [3.8, 4) is 0 Å². The van der Waals surface area contributed by atoms with Crippen molar-refractivity contribution >= 4 is 23.1 Å². The highest BCUT2D eigenvalue weighted by Crippen LogP contribution is 2.19. The lowest BCUT2D eigenvalue weighted by atomic mass is 10.3. The Morgan fingerprint density at radius 2 is 2.29 bits per heavy atom. The zero-order valence-electron chi connectivity index (χ0n) is 7.36. The number of aromatic nitrogens is 2. The van der Waals surface area contributed by atoms with Crippen molar-refractivity contribution in [2.75, 3.05) is 0 Å². The molecule has 0 aliphatic carbocycles. The second kappa shape index (κ2) is 2.99. The maximum absolute atomic E-state index is 10.9. The first kappa shape index (κ1) is 9.02. The number of carboxylic acids is 1. The van der Waals surface area contributed by atoms with Crippen molar-refractivity contribution in [2.45, 2.75) is 6.92 Å². The van der Waals surface area contributed by atoms with E-state index in [2.05, 4.69) is 4.98 Å². The third-order valence-electron chi connectivity index (χ3n) is 2.00. The molecule has 14 heavy (non-hydrogen) atoms. The van der Waals surface area contributed by atoms with Crippen LogP contribution >= 0.6 is 11.6 Å². The van der Waals surface area contributed by atoms with E-state index < -0.39 is 5.97 Å². The number of hydrogen-bond donors (Lipinski definition) is 1. The average molecular weight is 211 g/mol. The van der Waals surface area contributed by atoms with Gasteiger partial charge in [0.15, 0.2) is 5.15 Å². The van der Waals surface area contributed by atoms with Crippen LogP contribution in [0.5, 0.6) is 0 Å². The molecule has 0 unspecified atom stereocenters. The number of carbonyl (C=O) groups is 1. The summed E-state index contributed by atoms with van der Waals surface area (Å²) < 4.78 is 1.52. The first-order chi connectivity index (χ1) is 6.61. The molecule has 2 aromatic heterocycles. The number of hydrogen-bond acceptors (Lipinski definition) is 2. The zero-order chi connectivity index (χ0) is 10.3. The van der Waals surface area contributed by atoms with Gasteiger partial charge in [-0.05, 0) is 19.1 Å². The molecule has 0 spiro atoms. The van der Waals surface area contributed by atoms with E-state index in [0.717, 1.165) is 0 Å². The van der Waals surface area contributed by atoms with Crippen LogP contribution in [0.4, 0.5) is 0 Å². The molecule has 0 atom stereocenters. The van der Waals surface area contributed by atoms with Gasteiger partial charge in [0.2, 0.25) is 0 Å². The fourth-order valence-electron chi connectivity index (χ4n) is 1.44. The average Bonchev–Trinajstić information content (AvgIpc) is 2.43. The number of imidazole rings is 1. The summed E-state index contributed by atoms with van der Waals surface area (Å²) in [6.45, 7) is 1.71. The maximum Gasteiger partial charge on any atom is 0.352 e. The molecule has 0 saturated heterocycles. The smallest absolute Gasteiger partial charge is 0.352 e. The number of carboxylic acid groups (broad SMARTS) is 1. The number of halogens is 1. The molecule has 0 aromatic carbocycles. The Balaban J connectivity index is 2.92. The number of nitrogens with zero attached hydrogens (tertiary/aromatic N) is 2. The molecule has 0 aliphatic heterocycles. The quantitative estimate of drug-likeness (QED) is 0.783. The Morgan fingerprint density at radius 1 is 1.57 bits per heavy atom. The van der Waals surface area contributed by atoms with Crippen LogP contribution in [0.15, 0.2) is 18.2 Å². The Morgan fingerprint density at radius 3 is 2.93 bits per heavy atom. The van der Waals surface area contributed by atoms with Crippen LogP contribution < -0.4 is 0 Å². The van der Waals surface area contributed by atoms with Crippen LogP contribution in [0.2, 0.25) is 5.15 Å². The van der Waals surface area contributed by atoms with Gasteiger partial charge in [0.1, 0.15) is 11.5 Å². The van der Waals surface area contributed by atoms with Crippen molar-refractivity contribution in [3.05, 3.63) is 34.9 Å². The van der Waals surface area contributed by atoms with Gasteiger partial charge >= 0.3 is 5.97 Å². The molecular weight excluding hydrogens is 204 g/mol. The summed E-state index contributed by atoms with van der Waals surface area (Å²) in [6.07, 6.45) is 0. The molecule has 2 rings (SSSR count). The van der Waals surface area contributed by atoms with E-state index in [9.17, 15) is 4.79 Å². The lowest BCUT2D eigenvalue weighted by Crippen LogP contribution is -2.05. The van der Waals surface area contributed by atoms with E-state index in [1.165, 1.54) is 10.5 Å². The number of fused-ring (bicyclic) bond motifs is 1. The van der Waals surface area contributed by atoms with Crippen LogP contribution in [0.3, 0.4) is 0 Å². The molecule has 72 valence electrons. The SMILES string of the molecule is Cc1nc(Cl)c2cccc(C(=O)O)n12. The van der Waals surface area contributed by atoms with Crippen molar-refractivity contribution in [2.24, 2.45) is 0 Å². The topological polar surface area (TPSA) is 54.6 Å². The molecule has 0 fully saturated rings. The Hall–Kier alpha value is -1.55. The van der Waals surface area contributed by atoms with Crippen molar-refractivity contribution < 1.29 is 9.90 Å². The molecule has 5 heteroatoms. The van der Waals surface area contributed by atoms with Crippen molar-refractivity contribution in [1.29, 1.82) is 0 Å². The van der Waals surface area contributed by atoms with Gasteiger partial charge < -0.3 is 5.11 Å². The van der Waals surface area contributed by atoms with E-state index in [1.54, 1.807) is 19.1 Å². The summed E-state index contributed by atoms with van der Waals surface area (Å²) in [6, 6.07) is 4.89. The van der Waals surface area contributed by atoms with Gasteiger partial charge in [0.05, 0.1) is 5.52 Å². The second-order valence-corrected chi connectivity index (χ2v) is 3.24. The molecule has 0 saturated carbocycles. The number of aromatic carboxylic acids is 1. The summed E-state index contributed by atoms with van der Waals surface area (Å²) in [5.74, 6) is -0.421. The van der Waals surface area contributed by atoms with E-state index in [-0.39, 0.29) is 5.69 Å². The molecular formula is C9H7ClN2O2. The fourth-order valence-corrected chi connectivity index (χ4v) is 1.70. The second-order valence-electron chi connectivity index (χ2n) is 2.89. The number of pyridine rings is 1. The van der Waals surface area contributed by atoms with Gasteiger partial charge in [-0.2, -0.15) is 0 Å². The standard InChI is InChI=1S/C9H7ClN2O2/c1-5-11-8(10)6-3-2-4-7(9(13)14)12(5)6/h2-4H,1H3,(H,13,14). The zero-order valence-corrected chi connectivity index (χ0v) is 8.12. The molecule has 0 radical (unpaired) electrons. The van der Waals surface area contributed by atoms with E-state index >= 15 is 0 Å². The monoisotopic (exact) mass is 210 g/mol. The largest absolute Gasteiger partial charge is 0.477 e. The van der Waals surface area contributed by atoms with E-state index in [0.29, 0.717) is 16.5 Å². The molecule has 1 N–H and O–H groups in total. The van der Waals surface area contributed by atoms with Gasteiger partial charge in [0.25, 0.3) is 0 Å². The highest BCUT2D eigenvalue weighted by Gasteiger charge is 2.13. The van der Waals surface area contributed by atoms with Gasteiger partial charge in [-0.1, -0.05) is 17.7 Å². The first-order valence-corrected chi connectivity index (χ1v) is 4.36. The van der Waals surface area contributed by atoms with Crippen LogP contribution in [-0.2, 0) is 0 Å². The van der Waals surface area contributed by atoms with Crippen LogP contribution in [0.25, 0.3) is 5.52 Å². The van der Waals surface area contributed by atoms with Crippen LogP contribution in [0.1, 0.15) is 16.3 Å². The van der Waals surface area contributed by atoms with Gasteiger partial charge in [0, 0.05) is 0 Å². The van der Waals surface area contributed by atoms with Gasteiger partial charge in [-0.15, -0.1) is 0 Å². The summed E-state index contributed by atoms with van der Waals surface area (Å²) in [5.41, 5.74) is 0.781. The number of aryl methyl sites for hydroxylation is 1. The van der Waals surface area contributed by atoms with Crippen LogP contribution in [0, 0.1) is 6.92 Å². The first-order valence-electron chi connectivity index (χ1n) is 3.98. The predicted molar refractivity (Wildman–Crippen MR) is 51.9 cm³/mol. The summed E-state index contributed by atoms with van der Waals surface area (Å²) in [7, 11) is 0. The lowest BCUT2D eigenvalue weighted by Gasteiger charge is -2.01. The molecule has 0 aliphatic rings. The minimum Gasteiger partial charge on any atom is -0.477 e. The molecule has 0 bridgehead atoms. The highest BCUT2D eigenvalue weighted by molar-refractivity contribution is 6.32. The van der Waals surface area contributed by atoms with Gasteiger partial charge in [-0.25, -0.2) is 9.78 Å². The Labute approximate surface area is 84.8 Å². The molecule has 0 amide bonds. The molecule has 4 nitrogen and oxygen atoms in total. The Kier molecular flexibility index (Phi) is 1.93. The summed E-state index contributed by atoms with van der Waals surface area (Å²) >= 11 is 5.83. The highest BCUT2D eigenvalue weighted by atomic mass is 35.5. The summed E-state index contributed by atoms with van der Waals surface area (Å²) in [5, 5.41) is 9.25. The van der Waals surface area contributed by atoms with Crippen molar-refractivity contribution in [3.63, 3.8) is 0 Å². The molecule has 2 heterocycles. The maximum atomic E-state index is 10.9. The number of rotatable bonds is 1. The van der Waals surface area contributed by atoms with Crippen molar-refractivity contribution in [1.82, 2.24) is 9.38 Å². The van der Waals surface area contributed by atoms with Gasteiger partial charge in [-0.3, -0.25) is 4.40 Å². The Bertz CT molecular complexity index is 519. The fraction of sp³-hybridized carbons (Fsp3) is 0.111. The van der Waals surface area contributed by atoms with Crippen LogP contribution in [-0.4, -0.2) is 20.5 Å². The third-order valence-corrected chi connectivity index (χ3v) is 2.28. The summed E-state index contributed by atoms with van der Waals surface area (Å²) in [4.78, 5) is 14.9. The minimum absolute atomic E-state index is 0.166. The minimum atomic E-state index is -0.993. The third kappa shape index (κ3) is 1.15. The van der Waals surface area contributed by atoms with E-state index in [1.807, 2.05) is 0 Å². The lowest BCUT2D eigenvalue weighted by molar-refractivity contribution is 0.0688.